The van der Waals surface area contributed by atoms with Gasteiger partial charge in [0.2, 0.25) is 0 Å². The van der Waals surface area contributed by atoms with E-state index in [9.17, 15) is 9.50 Å². The number of nitrogens with two attached hydrogens (primary N) is 1. The maximum atomic E-state index is 13.7. The molecule has 0 saturated carbocycles. The van der Waals surface area contributed by atoms with Gasteiger partial charge in [-0.15, -0.1) is 0 Å². The number of nitrogen functional groups attached to an aromatic ring is 1. The third-order valence-corrected chi connectivity index (χ3v) is 5.50. The Morgan fingerprint density at radius 2 is 1.90 bits per heavy atom. The zero-order valence-corrected chi connectivity index (χ0v) is 15.9. The summed E-state index contributed by atoms with van der Waals surface area (Å²) < 4.78 is 15.2. The van der Waals surface area contributed by atoms with Crippen LogP contribution in [0.15, 0.2) is 55.0 Å². The first-order valence-electron chi connectivity index (χ1n) is 9.54. The Morgan fingerprint density at radius 3 is 2.63 bits per heavy atom. The summed E-state index contributed by atoms with van der Waals surface area (Å²) in [5, 5.41) is 22.5. The molecule has 0 atom stereocenters. The first kappa shape index (κ1) is 18.1. The number of nitrogens with zero attached hydrogens (tertiary/aromatic N) is 3. The number of fused-ring (bicyclic) bond motifs is 2. The number of halogens is 1. The maximum Gasteiger partial charge on any atom is 0.165 e. The molecule has 150 valence electrons. The molecular weight excluding hydrogens is 383 g/mol. The van der Waals surface area contributed by atoms with E-state index >= 15 is 0 Å². The zero-order valence-electron chi connectivity index (χ0n) is 15.9. The molecule has 7 nitrogen and oxygen atoms in total. The second-order valence-corrected chi connectivity index (χ2v) is 7.40. The van der Waals surface area contributed by atoms with Crippen molar-refractivity contribution in [2.75, 3.05) is 11.1 Å². The van der Waals surface area contributed by atoms with Crippen molar-refractivity contribution in [1.29, 1.82) is 5.41 Å². The van der Waals surface area contributed by atoms with Gasteiger partial charge in [-0.25, -0.2) is 14.4 Å². The number of phenolic OH excluding ortho intramolecular Hbond substituents is 1. The Morgan fingerprint density at radius 1 is 1.17 bits per heavy atom. The molecule has 0 fully saturated rings. The Balaban J connectivity index is 1.51. The van der Waals surface area contributed by atoms with Gasteiger partial charge in [0.1, 0.15) is 29.4 Å². The largest absolute Gasteiger partial charge is 0.505 e. The van der Waals surface area contributed by atoms with E-state index in [2.05, 4.69) is 27.4 Å². The van der Waals surface area contributed by atoms with Crippen LogP contribution in [0.1, 0.15) is 16.7 Å². The number of rotatable bonds is 3. The van der Waals surface area contributed by atoms with Crippen LogP contribution >= 0.6 is 0 Å². The van der Waals surface area contributed by atoms with E-state index in [0.717, 1.165) is 12.8 Å². The Kier molecular flexibility index (Phi) is 4.13. The highest BCUT2D eigenvalue weighted by molar-refractivity contribution is 6.09. The monoisotopic (exact) mass is 402 g/mol. The van der Waals surface area contributed by atoms with Crippen LogP contribution in [0.2, 0.25) is 0 Å². The van der Waals surface area contributed by atoms with E-state index in [1.807, 2.05) is 12.1 Å². The van der Waals surface area contributed by atoms with Gasteiger partial charge >= 0.3 is 0 Å². The predicted octanol–water partition coefficient (Wildman–Crippen LogP) is 3.31. The standard InChI is InChI=1S/C22H19FN6O/c23-16-9-14-5-6-29(17(14)10-18(16)30)21(25)19-20(24)26-11-27-22(19)28-15-7-12-3-1-2-4-13(12)8-15/h1-6,9-11,15,25,30H,7-8H2,(H3,24,26,27,28). The van der Waals surface area contributed by atoms with E-state index in [1.165, 1.54) is 34.2 Å². The second kappa shape index (κ2) is 6.84. The number of aromatic hydroxyl groups is 1. The van der Waals surface area contributed by atoms with Crippen LogP contribution in [0.5, 0.6) is 5.75 Å². The molecule has 1 aliphatic carbocycles. The lowest BCUT2D eigenvalue weighted by Crippen LogP contribution is -2.24. The van der Waals surface area contributed by atoms with Crippen molar-refractivity contribution >= 4 is 28.4 Å². The minimum atomic E-state index is -0.711. The van der Waals surface area contributed by atoms with Gasteiger partial charge in [-0.3, -0.25) is 5.41 Å². The molecule has 0 bridgehead atoms. The highest BCUT2D eigenvalue weighted by Crippen LogP contribution is 2.29. The summed E-state index contributed by atoms with van der Waals surface area (Å²) in [6, 6.07) is 12.6. The van der Waals surface area contributed by atoms with Crippen molar-refractivity contribution < 1.29 is 9.50 Å². The molecule has 0 amide bonds. The third-order valence-electron chi connectivity index (χ3n) is 5.50. The third kappa shape index (κ3) is 2.93. The first-order chi connectivity index (χ1) is 14.5. The van der Waals surface area contributed by atoms with Crippen molar-refractivity contribution in [3.05, 3.63) is 77.5 Å². The molecule has 8 heteroatoms. The van der Waals surface area contributed by atoms with E-state index in [0.29, 0.717) is 22.3 Å². The number of aromatic nitrogens is 3. The van der Waals surface area contributed by atoms with Crippen molar-refractivity contribution in [2.45, 2.75) is 18.9 Å². The maximum absolute atomic E-state index is 13.7. The highest BCUT2D eigenvalue weighted by Gasteiger charge is 2.24. The van der Waals surface area contributed by atoms with Crippen LogP contribution in [-0.2, 0) is 12.8 Å². The van der Waals surface area contributed by atoms with Crippen LogP contribution in [0.25, 0.3) is 10.9 Å². The van der Waals surface area contributed by atoms with Crippen molar-refractivity contribution in [2.24, 2.45) is 0 Å². The quantitative estimate of drug-likeness (QED) is 0.310. The van der Waals surface area contributed by atoms with Gasteiger partial charge in [0.05, 0.1) is 5.52 Å². The summed E-state index contributed by atoms with van der Waals surface area (Å²) >= 11 is 0. The van der Waals surface area contributed by atoms with Gasteiger partial charge in [-0.05, 0) is 36.1 Å². The normalized spacial score (nSPS) is 13.5. The number of benzene rings is 2. The Labute approximate surface area is 171 Å². The van der Waals surface area contributed by atoms with Gasteiger partial charge in [-0.2, -0.15) is 0 Å². The number of hydrogen-bond acceptors (Lipinski definition) is 6. The minimum Gasteiger partial charge on any atom is -0.505 e. The number of hydrogen-bond donors (Lipinski definition) is 4. The van der Waals surface area contributed by atoms with Crippen LogP contribution in [-0.4, -0.2) is 31.5 Å². The highest BCUT2D eigenvalue weighted by atomic mass is 19.1. The lowest BCUT2D eigenvalue weighted by Gasteiger charge is -2.18. The lowest BCUT2D eigenvalue weighted by molar-refractivity contribution is 0.433. The first-order valence-corrected chi connectivity index (χ1v) is 9.54. The molecule has 5 N–H and O–H groups in total. The van der Waals surface area contributed by atoms with E-state index in [1.54, 1.807) is 12.3 Å². The predicted molar refractivity (Wildman–Crippen MR) is 113 cm³/mol. The number of nitrogens with one attached hydrogen (secondary N) is 2. The Hall–Kier alpha value is -3.94. The van der Waals surface area contributed by atoms with Gasteiger partial charge < -0.3 is 20.7 Å². The molecule has 0 aliphatic heterocycles. The lowest BCUT2D eigenvalue weighted by atomic mass is 10.1. The molecular formula is C22H19FN6O. The molecule has 0 unspecified atom stereocenters. The SMILES string of the molecule is N=C(c1c(N)ncnc1NC1Cc2ccccc2C1)n1ccc2cc(F)c(O)cc21. The van der Waals surface area contributed by atoms with Gasteiger partial charge in [0, 0.05) is 23.7 Å². The molecule has 2 heterocycles. The number of anilines is 2. The van der Waals surface area contributed by atoms with Crippen LogP contribution in [0, 0.1) is 11.2 Å². The molecule has 1 aliphatic rings. The number of phenols is 1. The van der Waals surface area contributed by atoms with E-state index in [-0.39, 0.29) is 17.7 Å². The summed E-state index contributed by atoms with van der Waals surface area (Å²) in [6.07, 6.45) is 4.71. The van der Waals surface area contributed by atoms with Crippen molar-refractivity contribution in [1.82, 2.24) is 14.5 Å². The van der Waals surface area contributed by atoms with Crippen LogP contribution in [0.4, 0.5) is 16.0 Å². The molecule has 5 rings (SSSR count). The van der Waals surface area contributed by atoms with Gasteiger partial charge in [0.25, 0.3) is 0 Å². The Bertz CT molecular complexity index is 1270. The fourth-order valence-corrected chi connectivity index (χ4v) is 4.06. The molecule has 0 spiro atoms. The summed E-state index contributed by atoms with van der Waals surface area (Å²) in [4.78, 5) is 8.40. The summed E-state index contributed by atoms with van der Waals surface area (Å²) in [7, 11) is 0. The molecule has 2 aromatic carbocycles. The van der Waals surface area contributed by atoms with Gasteiger partial charge in [0.15, 0.2) is 11.6 Å². The second-order valence-electron chi connectivity index (χ2n) is 7.40. The van der Waals surface area contributed by atoms with Crippen molar-refractivity contribution in [3.63, 3.8) is 0 Å². The van der Waals surface area contributed by atoms with Crippen LogP contribution < -0.4 is 11.1 Å². The van der Waals surface area contributed by atoms with Crippen molar-refractivity contribution in [3.8, 4) is 5.75 Å². The molecule has 30 heavy (non-hydrogen) atoms. The fourth-order valence-electron chi connectivity index (χ4n) is 4.06. The average Bonchev–Trinajstić information content (AvgIpc) is 3.31. The van der Waals surface area contributed by atoms with E-state index in [4.69, 9.17) is 11.1 Å². The van der Waals surface area contributed by atoms with Gasteiger partial charge in [-0.1, -0.05) is 24.3 Å². The minimum absolute atomic E-state index is 0.0344. The average molecular weight is 402 g/mol. The topological polar surface area (TPSA) is 113 Å². The summed E-state index contributed by atoms with van der Waals surface area (Å²) in [5.74, 6) is -0.515. The summed E-state index contributed by atoms with van der Waals surface area (Å²) in [6.45, 7) is 0. The molecule has 0 saturated heterocycles. The fraction of sp³-hybridized carbons (Fsp3) is 0.136. The molecule has 4 aromatic rings. The smallest absolute Gasteiger partial charge is 0.165 e. The van der Waals surface area contributed by atoms with Crippen LogP contribution in [0.3, 0.4) is 0 Å². The molecule has 2 aromatic heterocycles. The summed E-state index contributed by atoms with van der Waals surface area (Å²) in [5.41, 5.74) is 9.56. The van der Waals surface area contributed by atoms with E-state index < -0.39 is 11.6 Å². The zero-order chi connectivity index (χ0) is 20.8. The molecule has 0 radical (unpaired) electrons.